The van der Waals surface area contributed by atoms with Gasteiger partial charge in [0.15, 0.2) is 5.82 Å². The number of halogens is 3. The molecule has 0 aliphatic rings. The molecule has 0 amide bonds. The van der Waals surface area contributed by atoms with Gasteiger partial charge in [-0.05, 0) is 18.6 Å². The molecule has 104 valence electrons. The van der Waals surface area contributed by atoms with Crippen molar-refractivity contribution < 1.29 is 12.8 Å². The molecule has 0 spiro atoms. The van der Waals surface area contributed by atoms with Gasteiger partial charge in [0.2, 0.25) is 10.0 Å². The molecule has 1 aromatic carbocycles. The van der Waals surface area contributed by atoms with Crippen LogP contribution in [0.1, 0.15) is 19.8 Å². The minimum Gasteiger partial charge on any atom is -0.207 e. The van der Waals surface area contributed by atoms with Gasteiger partial charge < -0.3 is 0 Å². The van der Waals surface area contributed by atoms with Crippen molar-refractivity contribution in [2.24, 2.45) is 0 Å². The molecule has 19 heavy (non-hydrogen) atoms. The van der Waals surface area contributed by atoms with Crippen LogP contribution in [-0.2, 0) is 10.0 Å². The van der Waals surface area contributed by atoms with Crippen molar-refractivity contribution in [1.29, 1.82) is 0 Å². The zero-order valence-electron chi connectivity index (χ0n) is 10.1. The van der Waals surface area contributed by atoms with E-state index in [0.717, 1.165) is 12.1 Å². The van der Waals surface area contributed by atoms with E-state index in [1.165, 1.54) is 0 Å². The predicted molar refractivity (Wildman–Crippen MR) is 74.3 cm³/mol. The first-order valence-electron chi connectivity index (χ1n) is 5.42. The first-order chi connectivity index (χ1) is 8.83. The van der Waals surface area contributed by atoms with Gasteiger partial charge in [0.05, 0.1) is 10.0 Å². The molecule has 1 atom stereocenters. The lowest BCUT2D eigenvalue weighted by atomic mass is 10.2. The minimum atomic E-state index is -3.94. The fraction of sp³-hybridized carbons (Fsp3) is 0.333. The Labute approximate surface area is 122 Å². The molecule has 0 saturated heterocycles. The molecule has 0 aliphatic heterocycles. The zero-order valence-corrected chi connectivity index (χ0v) is 12.4. The van der Waals surface area contributed by atoms with E-state index in [-0.39, 0.29) is 16.3 Å². The molecule has 0 saturated carbocycles. The van der Waals surface area contributed by atoms with E-state index >= 15 is 0 Å². The Bertz CT molecular complexity index is 611. The monoisotopic (exact) mass is 323 g/mol. The largest absolute Gasteiger partial charge is 0.242 e. The summed E-state index contributed by atoms with van der Waals surface area (Å²) in [6.45, 7) is 1.79. The van der Waals surface area contributed by atoms with E-state index < -0.39 is 26.9 Å². The summed E-state index contributed by atoms with van der Waals surface area (Å²) in [6.07, 6.45) is 5.90. The van der Waals surface area contributed by atoms with E-state index in [1.807, 2.05) is 0 Å². The summed E-state index contributed by atoms with van der Waals surface area (Å²) in [5, 5.41) is -0.768. The van der Waals surface area contributed by atoms with Crippen LogP contribution in [0.2, 0.25) is 10.0 Å². The van der Waals surface area contributed by atoms with Crippen molar-refractivity contribution in [3.05, 3.63) is 28.0 Å². The summed E-state index contributed by atoms with van der Waals surface area (Å²) < 4.78 is 40.1. The first kappa shape index (κ1) is 16.3. The van der Waals surface area contributed by atoms with E-state index in [2.05, 4.69) is 10.6 Å². The second kappa shape index (κ2) is 6.58. The lowest BCUT2D eigenvalue weighted by Crippen LogP contribution is -2.34. The van der Waals surface area contributed by atoms with Gasteiger partial charge in [-0.15, -0.1) is 12.3 Å². The van der Waals surface area contributed by atoms with Gasteiger partial charge in [0.1, 0.15) is 4.90 Å². The summed E-state index contributed by atoms with van der Waals surface area (Å²) in [5.74, 6) is 1.41. The topological polar surface area (TPSA) is 46.2 Å². The van der Waals surface area contributed by atoms with Gasteiger partial charge in [-0.25, -0.2) is 17.5 Å². The number of hydrogen-bond acceptors (Lipinski definition) is 2. The Balaban J connectivity index is 3.15. The Morgan fingerprint density at radius 3 is 2.63 bits per heavy atom. The maximum Gasteiger partial charge on any atom is 0.242 e. The molecule has 1 unspecified atom stereocenters. The molecule has 7 heteroatoms. The van der Waals surface area contributed by atoms with E-state index in [9.17, 15) is 12.8 Å². The van der Waals surface area contributed by atoms with Crippen LogP contribution in [0.4, 0.5) is 4.39 Å². The number of sulfonamides is 1. The van der Waals surface area contributed by atoms with E-state index in [1.54, 1.807) is 6.92 Å². The maximum atomic E-state index is 13.5. The minimum absolute atomic E-state index is 0.236. The average molecular weight is 324 g/mol. The predicted octanol–water partition coefficient (Wildman–Crippen LogP) is 3.21. The third kappa shape index (κ3) is 3.83. The van der Waals surface area contributed by atoms with Crippen LogP contribution in [0.5, 0.6) is 0 Å². The van der Waals surface area contributed by atoms with Crippen LogP contribution in [-0.4, -0.2) is 14.5 Å². The number of rotatable bonds is 5. The summed E-state index contributed by atoms with van der Waals surface area (Å²) in [6, 6.07) is 1.86. The molecule has 0 heterocycles. The quantitative estimate of drug-likeness (QED) is 0.668. The van der Waals surface area contributed by atoms with Crippen LogP contribution in [0.25, 0.3) is 0 Å². The normalized spacial score (nSPS) is 13.0. The molecule has 0 radical (unpaired) electrons. The summed E-state index contributed by atoms with van der Waals surface area (Å²) >= 11 is 11.2. The highest BCUT2D eigenvalue weighted by Crippen LogP contribution is 2.29. The van der Waals surface area contributed by atoms with Crippen molar-refractivity contribution in [3.8, 4) is 12.3 Å². The van der Waals surface area contributed by atoms with Crippen LogP contribution in [0, 0.1) is 18.2 Å². The molecular weight excluding hydrogens is 312 g/mol. The highest BCUT2D eigenvalue weighted by atomic mass is 35.5. The molecule has 0 fully saturated rings. The second-order valence-electron chi connectivity index (χ2n) is 3.81. The number of benzene rings is 1. The summed E-state index contributed by atoms with van der Waals surface area (Å²) in [7, 11) is -3.94. The van der Waals surface area contributed by atoms with Crippen molar-refractivity contribution in [2.75, 3.05) is 0 Å². The molecule has 0 aliphatic carbocycles. The van der Waals surface area contributed by atoms with Crippen LogP contribution >= 0.6 is 23.2 Å². The smallest absolute Gasteiger partial charge is 0.207 e. The van der Waals surface area contributed by atoms with Crippen molar-refractivity contribution in [1.82, 2.24) is 4.72 Å². The molecular formula is C12H12Cl2FNO2S. The first-order valence-corrected chi connectivity index (χ1v) is 7.66. The molecule has 0 aromatic heterocycles. The van der Waals surface area contributed by atoms with Crippen LogP contribution in [0.15, 0.2) is 17.0 Å². The van der Waals surface area contributed by atoms with Gasteiger partial charge in [-0.2, -0.15) is 0 Å². The standard InChI is InChI=1S/C12H12Cl2FNO2S/c1-3-5-8(4-2)16-19(17,18)10-7-6-9(13)12(15)11(10)14/h1,6-8,16H,4-5H2,2H3. The molecule has 0 bridgehead atoms. The number of nitrogens with one attached hydrogen (secondary N) is 1. The van der Waals surface area contributed by atoms with Gasteiger partial charge >= 0.3 is 0 Å². The second-order valence-corrected chi connectivity index (χ2v) is 6.28. The van der Waals surface area contributed by atoms with E-state index in [0.29, 0.717) is 6.42 Å². The van der Waals surface area contributed by atoms with Crippen molar-refractivity contribution in [2.45, 2.75) is 30.7 Å². The number of terminal acetylenes is 1. The third-order valence-corrected chi connectivity index (χ3v) is 4.80. The van der Waals surface area contributed by atoms with E-state index in [4.69, 9.17) is 29.6 Å². The zero-order chi connectivity index (χ0) is 14.6. The SMILES string of the molecule is C#CCC(CC)NS(=O)(=O)c1ccc(Cl)c(F)c1Cl. The van der Waals surface area contributed by atoms with Gasteiger partial charge in [-0.1, -0.05) is 30.1 Å². The van der Waals surface area contributed by atoms with Crippen molar-refractivity contribution in [3.63, 3.8) is 0 Å². The fourth-order valence-corrected chi connectivity index (χ4v) is 3.47. The average Bonchev–Trinajstić information content (AvgIpc) is 2.34. The Kier molecular flexibility index (Phi) is 5.63. The summed E-state index contributed by atoms with van der Waals surface area (Å²) in [5.41, 5.74) is 0. The van der Waals surface area contributed by atoms with Gasteiger partial charge in [0.25, 0.3) is 0 Å². The maximum absolute atomic E-state index is 13.5. The molecule has 3 nitrogen and oxygen atoms in total. The Morgan fingerprint density at radius 1 is 1.47 bits per heavy atom. The number of hydrogen-bond donors (Lipinski definition) is 1. The third-order valence-electron chi connectivity index (χ3n) is 2.47. The van der Waals surface area contributed by atoms with Gasteiger partial charge in [0, 0.05) is 12.5 Å². The highest BCUT2D eigenvalue weighted by Gasteiger charge is 2.24. The molecule has 1 N–H and O–H groups in total. The summed E-state index contributed by atoms with van der Waals surface area (Å²) in [4.78, 5) is -0.355. The Hall–Kier alpha value is -0.800. The molecule has 1 rings (SSSR count). The van der Waals surface area contributed by atoms with Crippen molar-refractivity contribution >= 4 is 33.2 Å². The lowest BCUT2D eigenvalue weighted by Gasteiger charge is -2.15. The highest BCUT2D eigenvalue weighted by molar-refractivity contribution is 7.89. The molecule has 1 aromatic rings. The van der Waals surface area contributed by atoms with Crippen LogP contribution < -0.4 is 4.72 Å². The van der Waals surface area contributed by atoms with Crippen LogP contribution in [0.3, 0.4) is 0 Å². The van der Waals surface area contributed by atoms with Gasteiger partial charge in [-0.3, -0.25) is 0 Å². The Morgan fingerprint density at radius 2 is 2.11 bits per heavy atom. The lowest BCUT2D eigenvalue weighted by molar-refractivity contribution is 0.542. The fourth-order valence-electron chi connectivity index (χ4n) is 1.41.